The minimum Gasteiger partial charge on any atom is -0.469 e. The van der Waals surface area contributed by atoms with Gasteiger partial charge in [-0.3, -0.25) is 4.79 Å². The van der Waals surface area contributed by atoms with E-state index < -0.39 is 0 Å². The molecule has 4 heteroatoms. The zero-order valence-corrected chi connectivity index (χ0v) is 9.78. The van der Waals surface area contributed by atoms with Gasteiger partial charge in [-0.1, -0.05) is 12.1 Å². The smallest absolute Gasteiger partial charge is 0.309 e. The quantitative estimate of drug-likeness (QED) is 0.800. The lowest BCUT2D eigenvalue weighted by molar-refractivity contribution is -0.146. The first-order valence-electron chi connectivity index (χ1n) is 5.77. The Hall–Kier alpha value is -1.42. The SMILES string of the molecule is COC(=O)C1CCC(c2cccc(F)c2)NC1. The normalized spacial score (nSPS) is 24.4. The first-order chi connectivity index (χ1) is 8.20. The van der Waals surface area contributed by atoms with Gasteiger partial charge >= 0.3 is 5.97 Å². The second kappa shape index (κ2) is 5.27. The van der Waals surface area contributed by atoms with Gasteiger partial charge in [0.15, 0.2) is 0 Å². The Labute approximate surface area is 100.0 Å². The Morgan fingerprint density at radius 1 is 1.47 bits per heavy atom. The maximum absolute atomic E-state index is 13.1. The highest BCUT2D eigenvalue weighted by atomic mass is 19.1. The molecular formula is C13H16FNO2. The summed E-state index contributed by atoms with van der Waals surface area (Å²) < 4.78 is 17.8. The van der Waals surface area contributed by atoms with Crippen molar-refractivity contribution in [1.29, 1.82) is 0 Å². The lowest BCUT2D eigenvalue weighted by Crippen LogP contribution is -2.37. The van der Waals surface area contributed by atoms with Crippen molar-refractivity contribution in [2.45, 2.75) is 18.9 Å². The first kappa shape index (κ1) is 12.0. The zero-order valence-electron chi connectivity index (χ0n) is 9.78. The van der Waals surface area contributed by atoms with Gasteiger partial charge in [0, 0.05) is 12.6 Å². The summed E-state index contributed by atoms with van der Waals surface area (Å²) in [5.41, 5.74) is 0.938. The van der Waals surface area contributed by atoms with E-state index in [0.717, 1.165) is 18.4 Å². The van der Waals surface area contributed by atoms with Gasteiger partial charge in [-0.05, 0) is 30.5 Å². The highest BCUT2D eigenvalue weighted by Crippen LogP contribution is 2.26. The van der Waals surface area contributed by atoms with Gasteiger partial charge in [0.1, 0.15) is 5.82 Å². The number of hydrogen-bond donors (Lipinski definition) is 1. The summed E-state index contributed by atoms with van der Waals surface area (Å²) in [7, 11) is 1.40. The maximum atomic E-state index is 13.1. The number of methoxy groups -OCH3 is 1. The Bertz CT molecular complexity index is 400. The molecule has 3 nitrogen and oxygen atoms in total. The van der Waals surface area contributed by atoms with Crippen LogP contribution >= 0.6 is 0 Å². The molecule has 1 aliphatic heterocycles. The average Bonchev–Trinajstić information content (AvgIpc) is 2.38. The molecule has 1 N–H and O–H groups in total. The van der Waals surface area contributed by atoms with Gasteiger partial charge < -0.3 is 10.1 Å². The Kier molecular flexibility index (Phi) is 3.74. The molecule has 2 rings (SSSR count). The third-order valence-electron chi connectivity index (χ3n) is 3.20. The van der Waals surface area contributed by atoms with Crippen LogP contribution in [-0.2, 0) is 9.53 Å². The standard InChI is InChI=1S/C13H16FNO2/c1-17-13(16)10-5-6-12(15-8-10)9-3-2-4-11(14)7-9/h2-4,7,10,12,15H,5-6,8H2,1H3. The average molecular weight is 237 g/mol. The Balaban J connectivity index is 1.97. The topological polar surface area (TPSA) is 38.3 Å². The predicted octanol–water partition coefficient (Wildman–Crippen LogP) is 2.04. The number of carbonyl (C=O) groups excluding carboxylic acids is 1. The lowest BCUT2D eigenvalue weighted by atomic mass is 9.91. The van der Waals surface area contributed by atoms with Crippen LogP contribution in [0.5, 0.6) is 0 Å². The minimum absolute atomic E-state index is 0.0789. The van der Waals surface area contributed by atoms with Crippen LogP contribution in [0.3, 0.4) is 0 Å². The van der Waals surface area contributed by atoms with Gasteiger partial charge in [-0.25, -0.2) is 4.39 Å². The minimum atomic E-state index is -0.223. The molecule has 1 fully saturated rings. The van der Waals surface area contributed by atoms with Crippen molar-refractivity contribution in [3.63, 3.8) is 0 Å². The van der Waals surface area contributed by atoms with Gasteiger partial charge in [0.25, 0.3) is 0 Å². The molecule has 0 radical (unpaired) electrons. The molecule has 0 aromatic heterocycles. The van der Waals surface area contributed by atoms with Crippen LogP contribution in [0, 0.1) is 11.7 Å². The molecular weight excluding hydrogens is 221 g/mol. The van der Waals surface area contributed by atoms with Gasteiger partial charge in [-0.15, -0.1) is 0 Å². The second-order valence-electron chi connectivity index (χ2n) is 4.31. The van der Waals surface area contributed by atoms with E-state index in [-0.39, 0.29) is 23.7 Å². The maximum Gasteiger partial charge on any atom is 0.309 e. The van der Waals surface area contributed by atoms with Crippen molar-refractivity contribution in [2.75, 3.05) is 13.7 Å². The molecule has 17 heavy (non-hydrogen) atoms. The van der Waals surface area contributed by atoms with E-state index >= 15 is 0 Å². The molecule has 2 atom stereocenters. The number of carbonyl (C=O) groups is 1. The monoisotopic (exact) mass is 237 g/mol. The number of rotatable bonds is 2. The van der Waals surface area contributed by atoms with Crippen LogP contribution in [-0.4, -0.2) is 19.6 Å². The first-order valence-corrected chi connectivity index (χ1v) is 5.77. The van der Waals surface area contributed by atoms with Crippen molar-refractivity contribution >= 4 is 5.97 Å². The Morgan fingerprint density at radius 2 is 2.29 bits per heavy atom. The molecule has 92 valence electrons. The number of hydrogen-bond acceptors (Lipinski definition) is 3. The van der Waals surface area contributed by atoms with Crippen LogP contribution in [0.4, 0.5) is 4.39 Å². The van der Waals surface area contributed by atoms with Gasteiger partial charge in [0.05, 0.1) is 13.0 Å². The van der Waals surface area contributed by atoms with Crippen molar-refractivity contribution in [1.82, 2.24) is 5.32 Å². The summed E-state index contributed by atoms with van der Waals surface area (Å²) in [6.07, 6.45) is 1.60. The molecule has 0 spiro atoms. The van der Waals surface area contributed by atoms with Crippen molar-refractivity contribution in [3.05, 3.63) is 35.6 Å². The number of piperidine rings is 1. The molecule has 0 amide bonds. The third kappa shape index (κ3) is 2.82. The fourth-order valence-electron chi connectivity index (χ4n) is 2.23. The number of ether oxygens (including phenoxy) is 1. The fourth-order valence-corrected chi connectivity index (χ4v) is 2.23. The van der Waals surface area contributed by atoms with Crippen LogP contribution < -0.4 is 5.32 Å². The van der Waals surface area contributed by atoms with Crippen LogP contribution in [0.2, 0.25) is 0 Å². The molecule has 0 bridgehead atoms. The number of nitrogens with one attached hydrogen (secondary N) is 1. The molecule has 1 aromatic rings. The van der Waals surface area contributed by atoms with Crippen molar-refractivity contribution in [2.24, 2.45) is 5.92 Å². The van der Waals surface area contributed by atoms with Crippen LogP contribution in [0.15, 0.2) is 24.3 Å². The summed E-state index contributed by atoms with van der Waals surface area (Å²) in [6, 6.07) is 6.71. The summed E-state index contributed by atoms with van der Waals surface area (Å²) in [5, 5.41) is 3.26. The molecule has 0 saturated carbocycles. The van der Waals surface area contributed by atoms with E-state index in [9.17, 15) is 9.18 Å². The fraction of sp³-hybridized carbons (Fsp3) is 0.462. The molecule has 1 aromatic carbocycles. The van der Waals surface area contributed by atoms with Crippen molar-refractivity contribution < 1.29 is 13.9 Å². The number of halogens is 1. The van der Waals surface area contributed by atoms with Gasteiger partial charge in [-0.2, -0.15) is 0 Å². The van der Waals surface area contributed by atoms with Crippen LogP contribution in [0.25, 0.3) is 0 Å². The van der Waals surface area contributed by atoms with E-state index in [1.54, 1.807) is 6.07 Å². The molecule has 2 unspecified atom stereocenters. The molecule has 1 saturated heterocycles. The van der Waals surface area contributed by atoms with E-state index in [0.29, 0.717) is 6.54 Å². The summed E-state index contributed by atoms with van der Waals surface area (Å²) in [6.45, 7) is 0.591. The summed E-state index contributed by atoms with van der Waals surface area (Å²) >= 11 is 0. The number of benzene rings is 1. The predicted molar refractivity (Wildman–Crippen MR) is 61.9 cm³/mol. The van der Waals surface area contributed by atoms with E-state index in [2.05, 4.69) is 5.32 Å². The Morgan fingerprint density at radius 3 is 2.88 bits per heavy atom. The molecule has 0 aliphatic carbocycles. The third-order valence-corrected chi connectivity index (χ3v) is 3.20. The largest absolute Gasteiger partial charge is 0.469 e. The van der Waals surface area contributed by atoms with Crippen LogP contribution in [0.1, 0.15) is 24.4 Å². The summed E-state index contributed by atoms with van der Waals surface area (Å²) in [5.74, 6) is -0.473. The second-order valence-corrected chi connectivity index (χ2v) is 4.31. The van der Waals surface area contributed by atoms with E-state index in [1.165, 1.54) is 19.2 Å². The highest BCUT2D eigenvalue weighted by molar-refractivity contribution is 5.72. The number of esters is 1. The van der Waals surface area contributed by atoms with E-state index in [4.69, 9.17) is 4.74 Å². The molecule has 1 heterocycles. The van der Waals surface area contributed by atoms with E-state index in [1.807, 2.05) is 6.07 Å². The summed E-state index contributed by atoms with van der Waals surface area (Å²) in [4.78, 5) is 11.3. The van der Waals surface area contributed by atoms with Gasteiger partial charge in [0.2, 0.25) is 0 Å². The zero-order chi connectivity index (χ0) is 12.3. The highest BCUT2D eigenvalue weighted by Gasteiger charge is 2.27. The lowest BCUT2D eigenvalue weighted by Gasteiger charge is -2.28. The molecule has 1 aliphatic rings. The van der Waals surface area contributed by atoms with Crippen molar-refractivity contribution in [3.8, 4) is 0 Å².